The van der Waals surface area contributed by atoms with Crippen molar-refractivity contribution in [2.24, 2.45) is 0 Å². The molecule has 0 aliphatic rings. The van der Waals surface area contributed by atoms with Crippen LogP contribution >= 0.6 is 0 Å². The van der Waals surface area contributed by atoms with Crippen molar-refractivity contribution in [2.45, 2.75) is 40.2 Å². The summed E-state index contributed by atoms with van der Waals surface area (Å²) < 4.78 is 2.05. The smallest absolute Gasteiger partial charge is 0.0524 e. The van der Waals surface area contributed by atoms with Gasteiger partial charge in [0.15, 0.2) is 0 Å². The minimum Gasteiger partial charge on any atom is -0.270 e. The first kappa shape index (κ1) is 8.31. The number of hydrogen-bond donors (Lipinski definition) is 0. The normalized spacial score (nSPS) is 10.5. The monoisotopic (exact) mass is 152 g/mol. The first-order valence-electron chi connectivity index (χ1n) is 4.30. The summed E-state index contributed by atoms with van der Waals surface area (Å²) >= 11 is 0. The molecule has 0 N–H and O–H groups in total. The molecule has 1 aromatic rings. The molecule has 0 fully saturated rings. The van der Waals surface area contributed by atoms with E-state index < -0.39 is 0 Å². The average Bonchev–Trinajstić information content (AvgIpc) is 2.34. The number of aromatic nitrogens is 2. The second kappa shape index (κ2) is 3.56. The van der Waals surface area contributed by atoms with Crippen molar-refractivity contribution < 1.29 is 0 Å². The summed E-state index contributed by atoms with van der Waals surface area (Å²) in [5, 5.41) is 4.27. The van der Waals surface area contributed by atoms with E-state index in [9.17, 15) is 0 Å². The van der Waals surface area contributed by atoms with Crippen molar-refractivity contribution in [3.63, 3.8) is 0 Å². The quantitative estimate of drug-likeness (QED) is 0.649. The van der Waals surface area contributed by atoms with Crippen molar-refractivity contribution in [1.82, 2.24) is 9.78 Å². The molecule has 0 atom stereocenters. The van der Waals surface area contributed by atoms with Crippen LogP contribution in [0.2, 0.25) is 0 Å². The minimum absolute atomic E-state index is 0.982. The molecule has 0 aromatic carbocycles. The number of nitrogens with zero attached hydrogens (tertiary/aromatic N) is 2. The highest BCUT2D eigenvalue weighted by Crippen LogP contribution is 2.08. The van der Waals surface area contributed by atoms with Crippen molar-refractivity contribution in [3.05, 3.63) is 17.5 Å². The van der Waals surface area contributed by atoms with E-state index in [-0.39, 0.29) is 0 Å². The maximum Gasteiger partial charge on any atom is 0.0524 e. The molecule has 62 valence electrons. The predicted octanol–water partition coefficient (Wildman–Crippen LogP) is 2.16. The topological polar surface area (TPSA) is 17.8 Å². The highest BCUT2D eigenvalue weighted by Gasteiger charge is 2.02. The van der Waals surface area contributed by atoms with Crippen LogP contribution in [0.1, 0.15) is 31.5 Å². The van der Waals surface area contributed by atoms with Gasteiger partial charge < -0.3 is 0 Å². The summed E-state index contributed by atoms with van der Waals surface area (Å²) in [5.74, 6) is 0. The third-order valence-electron chi connectivity index (χ3n) is 2.02. The largest absolute Gasteiger partial charge is 0.270 e. The Hall–Kier alpha value is -0.790. The molecule has 2 nitrogen and oxygen atoms in total. The standard InChI is InChI=1S/C9H16N2/c1-4-6-9-7-10-11(5-2)8(9)3/h7H,4-6H2,1-3H3. The fourth-order valence-electron chi connectivity index (χ4n) is 1.32. The van der Waals surface area contributed by atoms with Gasteiger partial charge in [-0.15, -0.1) is 0 Å². The summed E-state index contributed by atoms with van der Waals surface area (Å²) in [6.07, 6.45) is 4.35. The van der Waals surface area contributed by atoms with Gasteiger partial charge >= 0.3 is 0 Å². The SMILES string of the molecule is CCCc1cnn(CC)c1C. The molecule has 11 heavy (non-hydrogen) atoms. The van der Waals surface area contributed by atoms with E-state index in [1.807, 2.05) is 10.9 Å². The van der Waals surface area contributed by atoms with E-state index in [0.717, 1.165) is 13.0 Å². The van der Waals surface area contributed by atoms with Crippen LogP contribution in [0, 0.1) is 6.92 Å². The molecule has 0 spiro atoms. The van der Waals surface area contributed by atoms with Crippen LogP contribution in [-0.2, 0) is 13.0 Å². The zero-order valence-corrected chi connectivity index (χ0v) is 7.59. The van der Waals surface area contributed by atoms with Crippen LogP contribution in [0.15, 0.2) is 6.20 Å². The third-order valence-corrected chi connectivity index (χ3v) is 2.02. The van der Waals surface area contributed by atoms with Crippen LogP contribution in [0.25, 0.3) is 0 Å². The minimum atomic E-state index is 0.982. The van der Waals surface area contributed by atoms with E-state index >= 15 is 0 Å². The van der Waals surface area contributed by atoms with Gasteiger partial charge in [0.25, 0.3) is 0 Å². The van der Waals surface area contributed by atoms with Crippen molar-refractivity contribution >= 4 is 0 Å². The lowest BCUT2D eigenvalue weighted by atomic mass is 10.1. The lowest BCUT2D eigenvalue weighted by Crippen LogP contribution is -1.99. The molecule has 2 heteroatoms. The summed E-state index contributed by atoms with van der Waals surface area (Å²) in [4.78, 5) is 0. The Bertz CT molecular complexity index is 225. The molecule has 0 saturated carbocycles. The van der Waals surface area contributed by atoms with Gasteiger partial charge in [-0.2, -0.15) is 5.10 Å². The lowest BCUT2D eigenvalue weighted by Gasteiger charge is -1.99. The van der Waals surface area contributed by atoms with Crippen molar-refractivity contribution in [1.29, 1.82) is 0 Å². The Morgan fingerprint density at radius 2 is 2.18 bits per heavy atom. The predicted molar refractivity (Wildman–Crippen MR) is 46.6 cm³/mol. The summed E-state index contributed by atoms with van der Waals surface area (Å²) in [7, 11) is 0. The van der Waals surface area contributed by atoms with Gasteiger partial charge in [-0.05, 0) is 25.8 Å². The van der Waals surface area contributed by atoms with Gasteiger partial charge in [0.05, 0.1) is 6.20 Å². The molecular weight excluding hydrogens is 136 g/mol. The van der Waals surface area contributed by atoms with Crippen molar-refractivity contribution in [3.8, 4) is 0 Å². The third kappa shape index (κ3) is 1.62. The van der Waals surface area contributed by atoms with Gasteiger partial charge in [0.1, 0.15) is 0 Å². The lowest BCUT2D eigenvalue weighted by molar-refractivity contribution is 0.638. The fraction of sp³-hybridized carbons (Fsp3) is 0.667. The molecule has 0 unspecified atom stereocenters. The van der Waals surface area contributed by atoms with E-state index in [1.165, 1.54) is 17.7 Å². The maximum atomic E-state index is 4.27. The zero-order valence-electron chi connectivity index (χ0n) is 7.59. The van der Waals surface area contributed by atoms with Crippen LogP contribution in [0.3, 0.4) is 0 Å². The van der Waals surface area contributed by atoms with Crippen LogP contribution in [0.4, 0.5) is 0 Å². The zero-order chi connectivity index (χ0) is 8.27. The number of rotatable bonds is 3. The maximum absolute atomic E-state index is 4.27. The van der Waals surface area contributed by atoms with Gasteiger partial charge in [-0.25, -0.2) is 0 Å². The summed E-state index contributed by atoms with van der Waals surface area (Å²) in [6.45, 7) is 7.44. The van der Waals surface area contributed by atoms with Crippen LogP contribution < -0.4 is 0 Å². The molecule has 1 aromatic heterocycles. The van der Waals surface area contributed by atoms with Crippen LogP contribution in [0.5, 0.6) is 0 Å². The van der Waals surface area contributed by atoms with E-state index in [0.29, 0.717) is 0 Å². The molecule has 0 saturated heterocycles. The molecule has 0 radical (unpaired) electrons. The van der Waals surface area contributed by atoms with Gasteiger partial charge in [-0.3, -0.25) is 4.68 Å². The van der Waals surface area contributed by atoms with Crippen LogP contribution in [-0.4, -0.2) is 9.78 Å². The molecule has 0 aliphatic carbocycles. The second-order valence-corrected chi connectivity index (χ2v) is 2.82. The fourth-order valence-corrected chi connectivity index (χ4v) is 1.32. The molecule has 1 rings (SSSR count). The van der Waals surface area contributed by atoms with Gasteiger partial charge in [0.2, 0.25) is 0 Å². The molecule has 0 aliphatic heterocycles. The van der Waals surface area contributed by atoms with Crippen molar-refractivity contribution in [2.75, 3.05) is 0 Å². The van der Waals surface area contributed by atoms with E-state index in [4.69, 9.17) is 0 Å². The Morgan fingerprint density at radius 1 is 1.45 bits per heavy atom. The molecular formula is C9H16N2. The van der Waals surface area contributed by atoms with E-state index in [1.54, 1.807) is 0 Å². The average molecular weight is 152 g/mol. The Morgan fingerprint density at radius 3 is 2.64 bits per heavy atom. The second-order valence-electron chi connectivity index (χ2n) is 2.82. The Balaban J connectivity index is 2.82. The molecule has 0 bridgehead atoms. The summed E-state index contributed by atoms with van der Waals surface area (Å²) in [6, 6.07) is 0. The number of hydrogen-bond acceptors (Lipinski definition) is 1. The van der Waals surface area contributed by atoms with E-state index in [2.05, 4.69) is 25.9 Å². The number of aryl methyl sites for hydroxylation is 2. The first-order chi connectivity index (χ1) is 5.29. The highest BCUT2D eigenvalue weighted by atomic mass is 15.3. The molecule has 1 heterocycles. The van der Waals surface area contributed by atoms with Gasteiger partial charge in [-0.1, -0.05) is 13.3 Å². The summed E-state index contributed by atoms with van der Waals surface area (Å²) in [5.41, 5.74) is 2.73. The molecule has 0 amide bonds. The Labute approximate surface area is 68.2 Å². The highest BCUT2D eigenvalue weighted by molar-refractivity contribution is 5.15. The Kier molecular flexibility index (Phi) is 2.69. The van der Waals surface area contributed by atoms with Gasteiger partial charge in [0, 0.05) is 12.2 Å². The first-order valence-corrected chi connectivity index (χ1v) is 4.30.